The summed E-state index contributed by atoms with van der Waals surface area (Å²) in [6.45, 7) is 0. The third kappa shape index (κ3) is 3.59. The van der Waals surface area contributed by atoms with Gasteiger partial charge in [-0.25, -0.2) is 4.98 Å². The van der Waals surface area contributed by atoms with Crippen LogP contribution >= 0.6 is 11.3 Å². The Hall–Kier alpha value is -5.00. The fourth-order valence-electron chi connectivity index (χ4n) is 5.78. The van der Waals surface area contributed by atoms with Crippen molar-refractivity contribution in [2.75, 3.05) is 0 Å². The Morgan fingerprint density at radius 1 is 0.625 bits per heavy atom. The quantitative estimate of drug-likeness (QED) is 0.227. The minimum Gasteiger partial charge on any atom is -0.327 e. The van der Waals surface area contributed by atoms with Gasteiger partial charge in [0.1, 0.15) is 5.82 Å². The number of fused-ring (bicyclic) bond motifs is 4. The summed E-state index contributed by atoms with van der Waals surface area (Å²) in [5.74, 6) is 0.961. The Morgan fingerprint density at radius 3 is 2.35 bits per heavy atom. The van der Waals surface area contributed by atoms with E-state index in [9.17, 15) is 0 Å². The van der Waals surface area contributed by atoms with Gasteiger partial charge in [-0.2, -0.15) is 0 Å². The zero-order chi connectivity index (χ0) is 26.6. The van der Waals surface area contributed by atoms with Crippen LogP contribution in [0.5, 0.6) is 0 Å². The van der Waals surface area contributed by atoms with E-state index in [1.54, 1.807) is 11.3 Å². The van der Waals surface area contributed by atoms with Gasteiger partial charge in [0.15, 0.2) is 0 Å². The molecule has 0 saturated heterocycles. The smallest absolute Gasteiger partial charge is 0.140 e. The van der Waals surface area contributed by atoms with E-state index >= 15 is 0 Å². The number of thiophene rings is 1. The molecule has 0 spiro atoms. The molecule has 0 atom stereocenters. The topological polar surface area (TPSA) is 35.6 Å². The van der Waals surface area contributed by atoms with Gasteiger partial charge in [0.05, 0.1) is 27.8 Å². The largest absolute Gasteiger partial charge is 0.327 e. The van der Waals surface area contributed by atoms with Crippen molar-refractivity contribution in [3.8, 4) is 38.8 Å². The molecule has 4 heterocycles. The average Bonchev–Trinajstić information content (AvgIpc) is 3.74. The number of hydrogen-bond acceptors (Lipinski definition) is 3. The zero-order valence-electron chi connectivity index (χ0n) is 21.8. The second-order valence-corrected chi connectivity index (χ2v) is 11.0. The van der Waals surface area contributed by atoms with Crippen LogP contribution in [-0.4, -0.2) is 19.1 Å². The number of para-hydroxylation sites is 3. The van der Waals surface area contributed by atoms with Gasteiger partial charge < -0.3 is 9.13 Å². The fourth-order valence-corrected chi connectivity index (χ4v) is 6.50. The second-order valence-electron chi connectivity index (χ2n) is 10.0. The molecule has 0 aliphatic rings. The van der Waals surface area contributed by atoms with Gasteiger partial charge in [0, 0.05) is 45.7 Å². The normalized spacial score (nSPS) is 11.6. The van der Waals surface area contributed by atoms with Crippen molar-refractivity contribution in [3.05, 3.63) is 127 Å². The molecule has 4 nitrogen and oxygen atoms in total. The summed E-state index contributed by atoms with van der Waals surface area (Å²) >= 11 is 1.75. The molecule has 0 unspecified atom stereocenters. The van der Waals surface area contributed by atoms with Gasteiger partial charge in [-0.05, 0) is 65.5 Å². The van der Waals surface area contributed by atoms with Crippen LogP contribution in [0.15, 0.2) is 127 Å². The Labute approximate surface area is 235 Å². The van der Waals surface area contributed by atoms with Crippen LogP contribution in [-0.2, 0) is 7.05 Å². The van der Waals surface area contributed by atoms with Crippen molar-refractivity contribution in [2.45, 2.75) is 0 Å². The van der Waals surface area contributed by atoms with Gasteiger partial charge in [0.2, 0.25) is 0 Å². The molecule has 5 heteroatoms. The molecule has 4 aromatic heterocycles. The SMILES string of the molecule is Cn1c(-c2ccc3c4ccccc4n(-c4cccc(-c5cc(-c6cccs6)ccn5)c4)c3c2)nc2ccccc21. The molecule has 0 fully saturated rings. The fraction of sp³-hybridized carbons (Fsp3) is 0.0286. The number of aryl methyl sites for hydroxylation is 1. The molecule has 8 rings (SSSR count). The maximum absolute atomic E-state index is 4.98. The van der Waals surface area contributed by atoms with Gasteiger partial charge in [-0.3, -0.25) is 4.98 Å². The minimum atomic E-state index is 0.961. The van der Waals surface area contributed by atoms with Gasteiger partial charge in [0.25, 0.3) is 0 Å². The highest BCUT2D eigenvalue weighted by Gasteiger charge is 2.16. The van der Waals surface area contributed by atoms with E-state index in [4.69, 9.17) is 9.97 Å². The molecule has 0 radical (unpaired) electrons. The first-order valence-electron chi connectivity index (χ1n) is 13.3. The first-order chi connectivity index (χ1) is 19.7. The maximum Gasteiger partial charge on any atom is 0.140 e. The number of aromatic nitrogens is 4. The monoisotopic (exact) mass is 532 g/mol. The Morgan fingerprint density at radius 2 is 1.48 bits per heavy atom. The van der Waals surface area contributed by atoms with Crippen molar-refractivity contribution in [1.29, 1.82) is 0 Å². The molecule has 0 amide bonds. The van der Waals surface area contributed by atoms with Gasteiger partial charge in [-0.1, -0.05) is 60.7 Å². The number of rotatable bonds is 4. The van der Waals surface area contributed by atoms with Crippen LogP contribution in [0.3, 0.4) is 0 Å². The minimum absolute atomic E-state index is 0.961. The average molecular weight is 533 g/mol. The van der Waals surface area contributed by atoms with E-state index in [1.807, 2.05) is 12.3 Å². The van der Waals surface area contributed by atoms with E-state index in [1.165, 1.54) is 26.7 Å². The Kier molecular flexibility index (Phi) is 5.18. The summed E-state index contributed by atoms with van der Waals surface area (Å²) in [7, 11) is 2.09. The lowest BCUT2D eigenvalue weighted by Gasteiger charge is -2.11. The van der Waals surface area contributed by atoms with E-state index < -0.39 is 0 Å². The summed E-state index contributed by atoms with van der Waals surface area (Å²) in [5, 5.41) is 4.57. The van der Waals surface area contributed by atoms with E-state index in [0.717, 1.165) is 44.9 Å². The van der Waals surface area contributed by atoms with Gasteiger partial charge >= 0.3 is 0 Å². The van der Waals surface area contributed by atoms with Gasteiger partial charge in [-0.15, -0.1) is 11.3 Å². The number of nitrogens with zero attached hydrogens (tertiary/aromatic N) is 4. The van der Waals surface area contributed by atoms with Crippen LogP contribution in [0.2, 0.25) is 0 Å². The number of hydrogen-bond donors (Lipinski definition) is 0. The van der Waals surface area contributed by atoms with E-state index in [-0.39, 0.29) is 0 Å². The molecule has 0 aliphatic heterocycles. The van der Waals surface area contributed by atoms with Crippen LogP contribution in [0, 0.1) is 0 Å². The Balaban J connectivity index is 1.32. The maximum atomic E-state index is 4.98. The highest BCUT2D eigenvalue weighted by molar-refractivity contribution is 7.13. The van der Waals surface area contributed by atoms with E-state index in [0.29, 0.717) is 0 Å². The lowest BCUT2D eigenvalue weighted by molar-refractivity contribution is 0.959. The molecular weight excluding hydrogens is 508 g/mol. The third-order valence-electron chi connectivity index (χ3n) is 7.68. The lowest BCUT2D eigenvalue weighted by Crippen LogP contribution is -1.96. The molecule has 0 saturated carbocycles. The first kappa shape index (κ1) is 22.9. The third-order valence-corrected chi connectivity index (χ3v) is 8.60. The van der Waals surface area contributed by atoms with Crippen LogP contribution in [0.25, 0.3) is 71.6 Å². The van der Waals surface area contributed by atoms with Crippen molar-refractivity contribution in [3.63, 3.8) is 0 Å². The molecule has 190 valence electrons. The highest BCUT2D eigenvalue weighted by atomic mass is 32.1. The predicted octanol–water partition coefficient (Wildman–Crippen LogP) is 9.13. The predicted molar refractivity (Wildman–Crippen MR) is 167 cm³/mol. The Bertz CT molecular complexity index is 2180. The highest BCUT2D eigenvalue weighted by Crippen LogP contribution is 2.36. The molecule has 0 bridgehead atoms. The lowest BCUT2D eigenvalue weighted by atomic mass is 10.1. The number of benzene rings is 4. The molecule has 40 heavy (non-hydrogen) atoms. The molecule has 8 aromatic rings. The summed E-state index contributed by atoms with van der Waals surface area (Å²) in [4.78, 5) is 11.0. The van der Waals surface area contributed by atoms with Crippen LogP contribution < -0.4 is 0 Å². The van der Waals surface area contributed by atoms with Crippen molar-refractivity contribution in [1.82, 2.24) is 19.1 Å². The number of imidazole rings is 1. The molecule has 0 N–H and O–H groups in total. The van der Waals surface area contributed by atoms with Crippen molar-refractivity contribution >= 4 is 44.2 Å². The molecular formula is C35H24N4S. The number of pyridine rings is 1. The van der Waals surface area contributed by atoms with Crippen LogP contribution in [0.4, 0.5) is 0 Å². The second kappa shape index (κ2) is 9.04. The first-order valence-corrected chi connectivity index (χ1v) is 14.2. The molecule has 4 aromatic carbocycles. The zero-order valence-corrected chi connectivity index (χ0v) is 22.6. The van der Waals surface area contributed by atoms with E-state index in [2.05, 4.69) is 131 Å². The van der Waals surface area contributed by atoms with Crippen LogP contribution in [0.1, 0.15) is 0 Å². The summed E-state index contributed by atoms with van der Waals surface area (Å²) < 4.78 is 4.54. The standard InChI is InChI=1S/C35H24N4S/c1-38-32-13-5-3-11-29(32)37-35(38)25-15-16-28-27-10-2-4-12-31(27)39(33(28)22-25)26-9-6-8-23(20-26)30-21-24(17-18-36-30)34-14-7-19-40-34/h2-22H,1H3. The van der Waals surface area contributed by atoms with Crippen molar-refractivity contribution in [2.24, 2.45) is 7.05 Å². The summed E-state index contributed by atoms with van der Waals surface area (Å²) in [6, 6.07) is 40.8. The summed E-state index contributed by atoms with van der Waals surface area (Å²) in [5.41, 5.74) is 9.91. The summed E-state index contributed by atoms with van der Waals surface area (Å²) in [6.07, 6.45) is 1.90. The molecule has 0 aliphatic carbocycles. The van der Waals surface area contributed by atoms with Crippen molar-refractivity contribution < 1.29 is 0 Å².